The van der Waals surface area contributed by atoms with Gasteiger partial charge in [0, 0.05) is 19.5 Å². The minimum absolute atomic E-state index is 0.201. The molecule has 276 valence electrons. The van der Waals surface area contributed by atoms with Crippen molar-refractivity contribution in [2.24, 2.45) is 4.76 Å². The zero-order valence-electron chi connectivity index (χ0n) is 31.8. The first kappa shape index (κ1) is 45.6. The Morgan fingerprint density at radius 2 is 0.783 bits per heavy atom. The largest absolute Gasteiger partial charge is 0.493 e. The third-order valence-corrected chi connectivity index (χ3v) is 10.4. The third kappa shape index (κ3) is 32.2. The molecule has 0 saturated heterocycles. The average molecular weight is 673 g/mol. The van der Waals surface area contributed by atoms with Crippen molar-refractivity contribution >= 4 is 13.7 Å². The van der Waals surface area contributed by atoms with Crippen LogP contribution in [0.2, 0.25) is 0 Å². The lowest BCUT2D eigenvalue weighted by molar-refractivity contribution is 0.277. The highest BCUT2D eigenvalue weighted by atomic mass is 31.2. The minimum atomic E-state index is -4.52. The molecule has 1 atom stereocenters. The van der Waals surface area contributed by atoms with Gasteiger partial charge in [0.1, 0.15) is 5.84 Å². The lowest BCUT2D eigenvalue weighted by Crippen LogP contribution is -2.33. The minimum Gasteiger partial charge on any atom is -0.360 e. The molecule has 0 rings (SSSR count). The molecule has 0 radical (unpaired) electrons. The standard InChI is InChI=1S/C40H82FN2O2P/c1-5-9-13-17-21-25-29-33-37-43(38-34-30-26-22-18-14-10-6-2)40(36-32-28-24-20-16-12-8-4)42-46(41,44)45-39-35-31-27-23-19-15-11-7-3/h5-39H2,1-4H3/b42-40+. The molecule has 0 aliphatic heterocycles. The van der Waals surface area contributed by atoms with Crippen molar-refractivity contribution in [2.45, 2.75) is 233 Å². The Bertz CT molecular complexity index is 670. The quantitative estimate of drug-likeness (QED) is 0.0285. The second-order valence-corrected chi connectivity index (χ2v) is 15.4. The summed E-state index contributed by atoms with van der Waals surface area (Å²) in [5, 5.41) is 0. The lowest BCUT2D eigenvalue weighted by Gasteiger charge is -2.27. The molecule has 0 aliphatic rings. The maximum absolute atomic E-state index is 15.4. The van der Waals surface area contributed by atoms with Crippen LogP contribution in [0.3, 0.4) is 0 Å². The Morgan fingerprint density at radius 3 is 1.15 bits per heavy atom. The summed E-state index contributed by atoms with van der Waals surface area (Å²) < 4.78 is 38.2. The molecular weight excluding hydrogens is 590 g/mol. The van der Waals surface area contributed by atoms with Crippen molar-refractivity contribution < 1.29 is 13.3 Å². The van der Waals surface area contributed by atoms with Crippen LogP contribution in [0.5, 0.6) is 0 Å². The molecule has 0 aromatic rings. The van der Waals surface area contributed by atoms with Crippen molar-refractivity contribution in [3.05, 3.63) is 0 Å². The topological polar surface area (TPSA) is 41.9 Å². The van der Waals surface area contributed by atoms with E-state index in [1.807, 2.05) is 0 Å². The Hall–Kier alpha value is -0.410. The normalized spacial score (nSPS) is 13.4. The fraction of sp³-hybridized carbons (Fsp3) is 0.975. The van der Waals surface area contributed by atoms with Crippen molar-refractivity contribution in [3.8, 4) is 0 Å². The second-order valence-electron chi connectivity index (χ2n) is 14.1. The number of amidine groups is 1. The van der Waals surface area contributed by atoms with Gasteiger partial charge in [-0.15, -0.1) is 4.20 Å². The van der Waals surface area contributed by atoms with Crippen LogP contribution in [-0.2, 0) is 9.09 Å². The van der Waals surface area contributed by atoms with Gasteiger partial charge in [0.15, 0.2) is 0 Å². The molecule has 6 heteroatoms. The van der Waals surface area contributed by atoms with Crippen LogP contribution in [-0.4, -0.2) is 30.4 Å². The van der Waals surface area contributed by atoms with Gasteiger partial charge in [-0.05, 0) is 25.7 Å². The van der Waals surface area contributed by atoms with Crippen LogP contribution >= 0.6 is 7.83 Å². The molecule has 0 amide bonds. The fourth-order valence-electron chi connectivity index (χ4n) is 6.33. The van der Waals surface area contributed by atoms with Gasteiger partial charge in [-0.2, -0.15) is 4.76 Å². The summed E-state index contributed by atoms with van der Waals surface area (Å²) in [4.78, 5) is 2.30. The summed E-state index contributed by atoms with van der Waals surface area (Å²) in [6.07, 6.45) is 38.8. The fourth-order valence-corrected chi connectivity index (χ4v) is 7.25. The van der Waals surface area contributed by atoms with Crippen LogP contribution in [0.4, 0.5) is 4.20 Å². The van der Waals surface area contributed by atoms with Crippen molar-refractivity contribution in [3.63, 3.8) is 0 Å². The first-order valence-corrected chi connectivity index (χ1v) is 22.3. The number of halogens is 1. The number of hydrogen-bond acceptors (Lipinski definition) is 2. The molecule has 46 heavy (non-hydrogen) atoms. The lowest BCUT2D eigenvalue weighted by atomic mass is 10.1. The van der Waals surface area contributed by atoms with E-state index in [9.17, 15) is 4.57 Å². The van der Waals surface area contributed by atoms with E-state index in [1.54, 1.807) is 0 Å². The first-order chi connectivity index (χ1) is 22.5. The van der Waals surface area contributed by atoms with Gasteiger partial charge < -0.3 is 4.90 Å². The Morgan fingerprint density at radius 1 is 0.478 bits per heavy atom. The SMILES string of the molecule is CCCCCCCCCCOP(=O)(F)/N=C(\CCCCCCCCC)N(CCCCCCCCCC)CCCCCCCCCC. The number of hydrogen-bond donors (Lipinski definition) is 0. The summed E-state index contributed by atoms with van der Waals surface area (Å²) in [6, 6.07) is 0. The monoisotopic (exact) mass is 673 g/mol. The van der Waals surface area contributed by atoms with Gasteiger partial charge in [0.05, 0.1) is 6.61 Å². The molecule has 0 aliphatic carbocycles. The Labute approximate surface area is 288 Å². The summed E-state index contributed by atoms with van der Waals surface area (Å²) >= 11 is 0. The van der Waals surface area contributed by atoms with E-state index in [1.165, 1.54) is 154 Å². The van der Waals surface area contributed by atoms with Gasteiger partial charge >= 0.3 is 7.83 Å². The number of rotatable bonds is 37. The van der Waals surface area contributed by atoms with E-state index in [2.05, 4.69) is 37.4 Å². The Balaban J connectivity index is 5.20. The van der Waals surface area contributed by atoms with E-state index < -0.39 is 7.83 Å². The molecule has 0 saturated carbocycles. The highest BCUT2D eigenvalue weighted by Crippen LogP contribution is 2.51. The van der Waals surface area contributed by atoms with Gasteiger partial charge in [-0.1, -0.05) is 201 Å². The van der Waals surface area contributed by atoms with Gasteiger partial charge in [0.2, 0.25) is 0 Å². The third-order valence-electron chi connectivity index (χ3n) is 9.42. The highest BCUT2D eigenvalue weighted by Gasteiger charge is 2.24. The predicted molar refractivity (Wildman–Crippen MR) is 204 cm³/mol. The molecule has 1 unspecified atom stereocenters. The van der Waals surface area contributed by atoms with Crippen molar-refractivity contribution in [2.75, 3.05) is 19.7 Å². The van der Waals surface area contributed by atoms with Gasteiger partial charge in [-0.25, -0.2) is 4.57 Å². The van der Waals surface area contributed by atoms with E-state index in [4.69, 9.17) is 4.52 Å². The first-order valence-electron chi connectivity index (χ1n) is 20.8. The average Bonchev–Trinajstić information content (AvgIpc) is 3.04. The van der Waals surface area contributed by atoms with Gasteiger partial charge in [-0.3, -0.25) is 4.52 Å². The Kier molecular flexibility index (Phi) is 35.6. The summed E-state index contributed by atoms with van der Waals surface area (Å²) in [5.41, 5.74) is 0. The molecule has 4 nitrogen and oxygen atoms in total. The zero-order valence-corrected chi connectivity index (χ0v) is 32.7. The molecule has 0 N–H and O–H groups in total. The van der Waals surface area contributed by atoms with E-state index in [0.29, 0.717) is 12.3 Å². The predicted octanol–water partition coefficient (Wildman–Crippen LogP) is 15.3. The summed E-state index contributed by atoms with van der Waals surface area (Å²) in [5.74, 6) is 0.709. The number of unbranched alkanes of at least 4 members (excludes halogenated alkanes) is 27. The summed E-state index contributed by atoms with van der Waals surface area (Å²) in [6.45, 7) is 11.0. The molecule has 0 aromatic carbocycles. The van der Waals surface area contributed by atoms with Crippen LogP contribution in [0.25, 0.3) is 0 Å². The zero-order chi connectivity index (χ0) is 33.8. The van der Waals surface area contributed by atoms with Gasteiger partial charge in [0.25, 0.3) is 0 Å². The molecule has 0 fully saturated rings. The maximum atomic E-state index is 15.4. The molecule has 0 aromatic heterocycles. The molecule has 0 bridgehead atoms. The van der Waals surface area contributed by atoms with Crippen LogP contribution in [0.1, 0.15) is 233 Å². The number of nitrogens with zero attached hydrogens (tertiary/aromatic N) is 2. The summed E-state index contributed by atoms with van der Waals surface area (Å²) in [7, 11) is -4.52. The van der Waals surface area contributed by atoms with Crippen LogP contribution in [0.15, 0.2) is 4.76 Å². The van der Waals surface area contributed by atoms with Crippen LogP contribution < -0.4 is 0 Å². The van der Waals surface area contributed by atoms with Crippen molar-refractivity contribution in [1.82, 2.24) is 4.90 Å². The van der Waals surface area contributed by atoms with Crippen molar-refractivity contribution in [1.29, 1.82) is 0 Å². The second kappa shape index (κ2) is 35.9. The van der Waals surface area contributed by atoms with E-state index in [-0.39, 0.29) is 6.61 Å². The molecular formula is C40H82FN2O2P. The van der Waals surface area contributed by atoms with Crippen LogP contribution in [0, 0.1) is 0 Å². The maximum Gasteiger partial charge on any atom is 0.493 e. The smallest absolute Gasteiger partial charge is 0.360 e. The molecule has 0 spiro atoms. The van der Waals surface area contributed by atoms with E-state index >= 15 is 4.20 Å². The highest BCUT2D eigenvalue weighted by molar-refractivity contribution is 7.52. The van der Waals surface area contributed by atoms with E-state index in [0.717, 1.165) is 58.0 Å². The molecule has 0 heterocycles.